The van der Waals surface area contributed by atoms with Crippen molar-refractivity contribution in [3.63, 3.8) is 0 Å². The standard InChI is InChI=1S/C9H21NS/c1-4-10(5-2,6-3)8-7-9-11/h4-9H2,1-3H3/p+1. The lowest BCUT2D eigenvalue weighted by Gasteiger charge is -2.35. The zero-order valence-corrected chi connectivity index (χ0v) is 9.03. The zero-order valence-electron chi connectivity index (χ0n) is 8.14. The van der Waals surface area contributed by atoms with E-state index in [-0.39, 0.29) is 0 Å². The van der Waals surface area contributed by atoms with Crippen LogP contribution in [-0.4, -0.2) is 36.4 Å². The topological polar surface area (TPSA) is 0 Å². The Kier molecular flexibility index (Phi) is 6.06. The Morgan fingerprint density at radius 3 is 1.73 bits per heavy atom. The van der Waals surface area contributed by atoms with Crippen LogP contribution in [0, 0.1) is 0 Å². The first kappa shape index (κ1) is 11.3. The zero-order chi connectivity index (χ0) is 8.74. The van der Waals surface area contributed by atoms with E-state index in [9.17, 15) is 0 Å². The van der Waals surface area contributed by atoms with Gasteiger partial charge < -0.3 is 4.48 Å². The van der Waals surface area contributed by atoms with Gasteiger partial charge in [0.05, 0.1) is 26.2 Å². The van der Waals surface area contributed by atoms with Crippen molar-refractivity contribution in [3.05, 3.63) is 0 Å². The average molecular weight is 176 g/mol. The Balaban J connectivity index is 3.84. The molecule has 0 heterocycles. The number of hydrogen-bond donors (Lipinski definition) is 1. The third-order valence-corrected chi connectivity index (χ3v) is 3.12. The second kappa shape index (κ2) is 5.90. The predicted molar refractivity (Wildman–Crippen MR) is 55.2 cm³/mol. The molecule has 0 atom stereocenters. The Bertz CT molecular complexity index is 81.3. The molecule has 0 spiro atoms. The molecule has 0 aromatic heterocycles. The SMILES string of the molecule is CC[N+](CC)(CC)CCCS. The molecule has 0 unspecified atom stereocenters. The molecule has 0 aliphatic rings. The number of nitrogens with zero attached hydrogens (tertiary/aromatic N) is 1. The first-order valence-corrected chi connectivity index (χ1v) is 5.33. The van der Waals surface area contributed by atoms with Crippen LogP contribution in [0.4, 0.5) is 0 Å². The molecule has 0 aliphatic carbocycles. The first-order chi connectivity index (χ1) is 5.24. The van der Waals surface area contributed by atoms with E-state index in [1.165, 1.54) is 37.1 Å². The van der Waals surface area contributed by atoms with Crippen LogP contribution in [0.3, 0.4) is 0 Å². The predicted octanol–water partition coefficient (Wildman–Crippen LogP) is 2.18. The second-order valence-electron chi connectivity index (χ2n) is 3.09. The van der Waals surface area contributed by atoms with Crippen LogP contribution in [0.5, 0.6) is 0 Å². The summed E-state index contributed by atoms with van der Waals surface area (Å²) in [4.78, 5) is 0. The molecule has 0 rings (SSSR count). The molecule has 0 radical (unpaired) electrons. The number of quaternary nitrogens is 1. The molecule has 0 aliphatic heterocycles. The Morgan fingerprint density at radius 2 is 1.45 bits per heavy atom. The van der Waals surface area contributed by atoms with Crippen LogP contribution in [0.25, 0.3) is 0 Å². The van der Waals surface area contributed by atoms with Gasteiger partial charge in [0.25, 0.3) is 0 Å². The fourth-order valence-corrected chi connectivity index (χ4v) is 1.69. The smallest absolute Gasteiger partial charge is 0.0794 e. The molecule has 0 bridgehead atoms. The Morgan fingerprint density at radius 1 is 1.00 bits per heavy atom. The minimum absolute atomic E-state index is 1.03. The van der Waals surface area contributed by atoms with Gasteiger partial charge >= 0.3 is 0 Å². The van der Waals surface area contributed by atoms with Crippen molar-refractivity contribution < 1.29 is 4.48 Å². The third kappa shape index (κ3) is 3.48. The summed E-state index contributed by atoms with van der Waals surface area (Å²) in [7, 11) is 0. The van der Waals surface area contributed by atoms with Gasteiger partial charge in [-0.15, -0.1) is 0 Å². The van der Waals surface area contributed by atoms with Gasteiger partial charge in [0.2, 0.25) is 0 Å². The van der Waals surface area contributed by atoms with Crippen LogP contribution in [0.2, 0.25) is 0 Å². The van der Waals surface area contributed by atoms with Gasteiger partial charge in [0.1, 0.15) is 0 Å². The van der Waals surface area contributed by atoms with Crippen LogP contribution in [0.15, 0.2) is 0 Å². The van der Waals surface area contributed by atoms with E-state index in [1.807, 2.05) is 0 Å². The van der Waals surface area contributed by atoms with Crippen molar-refractivity contribution in [1.29, 1.82) is 0 Å². The highest BCUT2D eigenvalue weighted by Crippen LogP contribution is 2.07. The number of hydrogen-bond acceptors (Lipinski definition) is 1. The monoisotopic (exact) mass is 176 g/mol. The lowest BCUT2D eigenvalue weighted by atomic mass is 10.3. The molecule has 0 amide bonds. The van der Waals surface area contributed by atoms with E-state index in [0.717, 1.165) is 5.75 Å². The highest BCUT2D eigenvalue weighted by molar-refractivity contribution is 7.80. The summed E-state index contributed by atoms with van der Waals surface area (Å²) in [5, 5.41) is 0. The molecule has 0 fully saturated rings. The summed E-state index contributed by atoms with van der Waals surface area (Å²) < 4.78 is 1.26. The van der Waals surface area contributed by atoms with E-state index in [4.69, 9.17) is 0 Å². The maximum Gasteiger partial charge on any atom is 0.0794 e. The largest absolute Gasteiger partial charge is 0.324 e. The summed E-state index contributed by atoms with van der Waals surface area (Å²) in [6.45, 7) is 11.9. The molecular weight excluding hydrogens is 154 g/mol. The number of rotatable bonds is 6. The van der Waals surface area contributed by atoms with Gasteiger partial charge in [-0.25, -0.2) is 0 Å². The summed E-state index contributed by atoms with van der Waals surface area (Å²) in [5.41, 5.74) is 0. The fraction of sp³-hybridized carbons (Fsp3) is 1.00. The molecular formula is C9H22NS+. The highest BCUT2D eigenvalue weighted by Gasteiger charge is 2.18. The van der Waals surface area contributed by atoms with E-state index in [1.54, 1.807) is 0 Å². The lowest BCUT2D eigenvalue weighted by molar-refractivity contribution is -0.923. The normalized spacial score (nSPS) is 12.0. The molecule has 0 saturated heterocycles. The van der Waals surface area contributed by atoms with Crippen LogP contribution in [-0.2, 0) is 0 Å². The van der Waals surface area contributed by atoms with E-state index >= 15 is 0 Å². The second-order valence-corrected chi connectivity index (χ2v) is 3.54. The van der Waals surface area contributed by atoms with Gasteiger partial charge in [0.15, 0.2) is 0 Å². The Hall–Kier alpha value is 0.310. The Labute approximate surface area is 76.8 Å². The van der Waals surface area contributed by atoms with Gasteiger partial charge in [-0.2, -0.15) is 12.6 Å². The molecule has 1 nitrogen and oxygen atoms in total. The molecule has 68 valence electrons. The van der Waals surface area contributed by atoms with Crippen molar-refractivity contribution in [3.8, 4) is 0 Å². The van der Waals surface area contributed by atoms with Crippen LogP contribution in [0.1, 0.15) is 27.2 Å². The summed E-state index contributed by atoms with van der Waals surface area (Å²) >= 11 is 4.24. The van der Waals surface area contributed by atoms with Gasteiger partial charge in [0, 0.05) is 6.42 Å². The average Bonchev–Trinajstić information content (AvgIpc) is 2.08. The fourth-order valence-electron chi connectivity index (χ4n) is 1.55. The van der Waals surface area contributed by atoms with E-state index in [2.05, 4.69) is 33.4 Å². The maximum absolute atomic E-state index is 4.24. The minimum atomic E-state index is 1.03. The van der Waals surface area contributed by atoms with Gasteiger partial charge in [-0.1, -0.05) is 0 Å². The molecule has 2 heteroatoms. The maximum atomic E-state index is 4.24. The highest BCUT2D eigenvalue weighted by atomic mass is 32.1. The first-order valence-electron chi connectivity index (χ1n) is 4.70. The molecule has 0 aromatic rings. The molecule has 0 N–H and O–H groups in total. The summed E-state index contributed by atoms with van der Waals surface area (Å²) in [6.07, 6.45) is 1.25. The van der Waals surface area contributed by atoms with Crippen LogP contribution >= 0.6 is 12.6 Å². The minimum Gasteiger partial charge on any atom is -0.324 e. The quantitative estimate of drug-likeness (QED) is 0.465. The van der Waals surface area contributed by atoms with Gasteiger partial charge in [-0.05, 0) is 26.5 Å². The number of thiol groups is 1. The van der Waals surface area contributed by atoms with Gasteiger partial charge in [-0.3, -0.25) is 0 Å². The van der Waals surface area contributed by atoms with Crippen molar-refractivity contribution in [2.75, 3.05) is 31.9 Å². The molecule has 0 aromatic carbocycles. The van der Waals surface area contributed by atoms with Crippen molar-refractivity contribution in [2.24, 2.45) is 0 Å². The summed E-state index contributed by atoms with van der Waals surface area (Å²) in [5.74, 6) is 1.03. The molecule has 11 heavy (non-hydrogen) atoms. The lowest BCUT2D eigenvalue weighted by Crippen LogP contribution is -2.48. The van der Waals surface area contributed by atoms with Crippen molar-refractivity contribution >= 4 is 12.6 Å². The third-order valence-electron chi connectivity index (χ3n) is 2.80. The van der Waals surface area contributed by atoms with Crippen molar-refractivity contribution in [2.45, 2.75) is 27.2 Å². The van der Waals surface area contributed by atoms with E-state index in [0.29, 0.717) is 0 Å². The van der Waals surface area contributed by atoms with E-state index < -0.39 is 0 Å². The molecule has 0 saturated carbocycles. The van der Waals surface area contributed by atoms with Crippen molar-refractivity contribution in [1.82, 2.24) is 0 Å². The van der Waals surface area contributed by atoms with Crippen LogP contribution < -0.4 is 0 Å². The summed E-state index contributed by atoms with van der Waals surface area (Å²) in [6, 6.07) is 0.